The summed E-state index contributed by atoms with van der Waals surface area (Å²) in [5, 5.41) is 15.6. The third-order valence-electron chi connectivity index (χ3n) is 2.50. The Hall–Kier alpha value is -2.96. The van der Waals surface area contributed by atoms with Crippen molar-refractivity contribution in [2.75, 3.05) is 5.32 Å². The fourth-order valence-corrected chi connectivity index (χ4v) is 1.51. The molecule has 1 aromatic heterocycles. The molecule has 7 nitrogen and oxygen atoms in total. The number of rotatable bonds is 4. The molecule has 0 spiro atoms. The molecule has 2 rings (SSSR count). The molecule has 1 aromatic carbocycles. The zero-order valence-corrected chi connectivity index (χ0v) is 10.4. The van der Waals surface area contributed by atoms with Gasteiger partial charge in [0, 0.05) is 12.6 Å². The predicted molar refractivity (Wildman–Crippen MR) is 73.2 cm³/mol. The van der Waals surface area contributed by atoms with Crippen LogP contribution < -0.4 is 10.6 Å². The average Bonchev–Trinajstić information content (AvgIpc) is 2.47. The first-order chi connectivity index (χ1) is 9.65. The summed E-state index contributed by atoms with van der Waals surface area (Å²) in [7, 11) is 0. The van der Waals surface area contributed by atoms with Gasteiger partial charge in [-0.05, 0) is 11.6 Å². The lowest BCUT2D eigenvalue weighted by atomic mass is 10.2. The molecular weight excluding hydrogens is 260 g/mol. The molecule has 0 saturated carbocycles. The summed E-state index contributed by atoms with van der Waals surface area (Å²) in [6, 6.07) is 11.7. The highest BCUT2D eigenvalue weighted by Crippen LogP contribution is 2.11. The van der Waals surface area contributed by atoms with Gasteiger partial charge in [0.15, 0.2) is 0 Å². The van der Waals surface area contributed by atoms with Crippen LogP contribution in [0.1, 0.15) is 5.56 Å². The van der Waals surface area contributed by atoms with E-state index in [0.29, 0.717) is 6.54 Å². The van der Waals surface area contributed by atoms with Crippen molar-refractivity contribution in [2.24, 2.45) is 0 Å². The lowest BCUT2D eigenvalue weighted by Crippen LogP contribution is -2.28. The van der Waals surface area contributed by atoms with E-state index >= 15 is 0 Å². The predicted octanol–water partition coefficient (Wildman–Crippen LogP) is 2.31. The first-order valence-corrected chi connectivity index (χ1v) is 5.84. The van der Waals surface area contributed by atoms with Crippen molar-refractivity contribution in [1.82, 2.24) is 10.3 Å². The second-order valence-electron chi connectivity index (χ2n) is 3.95. The van der Waals surface area contributed by atoms with E-state index in [1.165, 1.54) is 12.1 Å². The molecule has 0 unspecified atom stereocenters. The molecule has 2 aromatic rings. The van der Waals surface area contributed by atoms with E-state index < -0.39 is 11.0 Å². The third kappa shape index (κ3) is 3.77. The van der Waals surface area contributed by atoms with Crippen molar-refractivity contribution in [1.29, 1.82) is 0 Å². The molecule has 1 heterocycles. The number of hydrogen-bond acceptors (Lipinski definition) is 4. The van der Waals surface area contributed by atoms with Gasteiger partial charge in [-0.25, -0.2) is 9.78 Å². The number of carbonyl (C=O) groups is 1. The maximum absolute atomic E-state index is 11.6. The van der Waals surface area contributed by atoms with Gasteiger partial charge < -0.3 is 5.32 Å². The molecule has 0 aliphatic carbocycles. The molecule has 0 fully saturated rings. The summed E-state index contributed by atoms with van der Waals surface area (Å²) in [4.78, 5) is 25.3. The zero-order valence-electron chi connectivity index (χ0n) is 10.4. The quantitative estimate of drug-likeness (QED) is 0.659. The summed E-state index contributed by atoms with van der Waals surface area (Å²) in [6.07, 6.45) is 1.09. The van der Waals surface area contributed by atoms with Gasteiger partial charge in [0.1, 0.15) is 12.0 Å². The van der Waals surface area contributed by atoms with E-state index in [1.807, 2.05) is 30.3 Å². The van der Waals surface area contributed by atoms with Gasteiger partial charge in [0.05, 0.1) is 4.92 Å². The van der Waals surface area contributed by atoms with Crippen LogP contribution in [0.25, 0.3) is 0 Å². The van der Waals surface area contributed by atoms with Crippen molar-refractivity contribution in [2.45, 2.75) is 6.54 Å². The van der Waals surface area contributed by atoms with Crippen molar-refractivity contribution in [3.8, 4) is 0 Å². The lowest BCUT2D eigenvalue weighted by Gasteiger charge is -2.06. The first kappa shape index (κ1) is 13.5. The number of amides is 2. The molecule has 0 aliphatic heterocycles. The summed E-state index contributed by atoms with van der Waals surface area (Å²) in [6.45, 7) is 0.389. The van der Waals surface area contributed by atoms with Crippen LogP contribution in [0.4, 0.5) is 16.3 Å². The number of anilines is 1. The fraction of sp³-hybridized carbons (Fsp3) is 0.0769. The molecule has 2 N–H and O–H groups in total. The number of urea groups is 1. The van der Waals surface area contributed by atoms with Crippen LogP contribution in [0.15, 0.2) is 48.7 Å². The minimum Gasteiger partial charge on any atom is -0.334 e. The van der Waals surface area contributed by atoms with E-state index in [-0.39, 0.29) is 11.5 Å². The van der Waals surface area contributed by atoms with E-state index in [1.54, 1.807) is 0 Å². The highest BCUT2D eigenvalue weighted by molar-refractivity contribution is 5.88. The van der Waals surface area contributed by atoms with Gasteiger partial charge in [-0.15, -0.1) is 0 Å². The van der Waals surface area contributed by atoms with Gasteiger partial charge in [-0.1, -0.05) is 30.3 Å². The van der Waals surface area contributed by atoms with E-state index in [0.717, 1.165) is 11.8 Å². The second kappa shape index (κ2) is 6.28. The summed E-state index contributed by atoms with van der Waals surface area (Å²) >= 11 is 0. The lowest BCUT2D eigenvalue weighted by molar-refractivity contribution is -0.385. The molecule has 0 radical (unpaired) electrons. The van der Waals surface area contributed by atoms with Crippen molar-refractivity contribution in [3.63, 3.8) is 0 Å². The Bertz CT molecular complexity index is 599. The Morgan fingerprint density at radius 3 is 2.55 bits per heavy atom. The van der Waals surface area contributed by atoms with Crippen molar-refractivity contribution < 1.29 is 9.72 Å². The molecule has 102 valence electrons. The fourth-order valence-electron chi connectivity index (χ4n) is 1.51. The molecule has 0 atom stereocenters. The number of nitro groups is 1. The van der Waals surface area contributed by atoms with Crippen LogP contribution in [0.2, 0.25) is 0 Å². The Morgan fingerprint density at radius 1 is 1.20 bits per heavy atom. The monoisotopic (exact) mass is 272 g/mol. The van der Waals surface area contributed by atoms with Gasteiger partial charge in [-0.2, -0.15) is 0 Å². The average molecular weight is 272 g/mol. The number of carbonyl (C=O) groups excluding carboxylic acids is 1. The topological polar surface area (TPSA) is 97.2 Å². The van der Waals surface area contributed by atoms with Crippen LogP contribution in [0.5, 0.6) is 0 Å². The number of nitrogens with zero attached hydrogens (tertiary/aromatic N) is 2. The largest absolute Gasteiger partial charge is 0.334 e. The Kier molecular flexibility index (Phi) is 4.23. The maximum atomic E-state index is 11.6. The Morgan fingerprint density at radius 2 is 1.95 bits per heavy atom. The van der Waals surface area contributed by atoms with Crippen molar-refractivity contribution in [3.05, 3.63) is 64.3 Å². The molecule has 0 aliphatic rings. The van der Waals surface area contributed by atoms with Crippen LogP contribution in [0.3, 0.4) is 0 Å². The molecule has 0 bridgehead atoms. The maximum Gasteiger partial charge on any atom is 0.320 e. The van der Waals surface area contributed by atoms with Gasteiger partial charge in [0.25, 0.3) is 5.69 Å². The number of nitrogens with one attached hydrogen (secondary N) is 2. The summed E-state index contributed by atoms with van der Waals surface area (Å²) in [5.41, 5.74) is 0.847. The minimum atomic E-state index is -0.549. The van der Waals surface area contributed by atoms with Crippen LogP contribution in [-0.4, -0.2) is 15.9 Å². The number of hydrogen-bond donors (Lipinski definition) is 2. The normalized spacial score (nSPS) is 9.80. The molecule has 0 saturated heterocycles. The zero-order chi connectivity index (χ0) is 14.4. The highest BCUT2D eigenvalue weighted by Gasteiger charge is 2.07. The third-order valence-corrected chi connectivity index (χ3v) is 2.50. The standard InChI is InChI=1S/C13H12N4O3/c18-13(15-8-10-4-2-1-3-5-10)16-12-7-6-11(9-14-12)17(19)20/h1-7,9H,8H2,(H2,14,15,16,18). The molecular formula is C13H12N4O3. The van der Waals surface area contributed by atoms with Crippen molar-refractivity contribution >= 4 is 17.5 Å². The Balaban J connectivity index is 1.86. The number of benzene rings is 1. The molecule has 2 amide bonds. The minimum absolute atomic E-state index is 0.125. The SMILES string of the molecule is O=C(NCc1ccccc1)Nc1ccc([N+](=O)[O-])cn1. The Labute approximate surface area is 114 Å². The van der Waals surface area contributed by atoms with Gasteiger partial charge >= 0.3 is 6.03 Å². The second-order valence-corrected chi connectivity index (χ2v) is 3.95. The molecule has 7 heteroatoms. The number of aromatic nitrogens is 1. The molecule has 20 heavy (non-hydrogen) atoms. The first-order valence-electron chi connectivity index (χ1n) is 5.84. The van der Waals surface area contributed by atoms with Gasteiger partial charge in [0.2, 0.25) is 0 Å². The summed E-state index contributed by atoms with van der Waals surface area (Å²) in [5.74, 6) is 0.251. The van der Waals surface area contributed by atoms with E-state index in [4.69, 9.17) is 0 Å². The summed E-state index contributed by atoms with van der Waals surface area (Å²) < 4.78 is 0. The van der Waals surface area contributed by atoms with E-state index in [9.17, 15) is 14.9 Å². The van der Waals surface area contributed by atoms with E-state index in [2.05, 4.69) is 15.6 Å². The highest BCUT2D eigenvalue weighted by atomic mass is 16.6. The van der Waals surface area contributed by atoms with Crippen LogP contribution in [-0.2, 0) is 6.54 Å². The van der Waals surface area contributed by atoms with Crippen LogP contribution >= 0.6 is 0 Å². The number of pyridine rings is 1. The van der Waals surface area contributed by atoms with Gasteiger partial charge in [-0.3, -0.25) is 15.4 Å². The van der Waals surface area contributed by atoms with Crippen LogP contribution in [0, 0.1) is 10.1 Å². The smallest absolute Gasteiger partial charge is 0.320 e.